The maximum Gasteiger partial charge on any atom is 0.217 e. The van der Waals surface area contributed by atoms with Crippen LogP contribution in [0.4, 0.5) is 0 Å². The van der Waals surface area contributed by atoms with Crippen LogP contribution in [0.2, 0.25) is 0 Å². The second-order valence-corrected chi connectivity index (χ2v) is 5.48. The molecule has 4 nitrogen and oxygen atoms in total. The number of furan rings is 1. The van der Waals surface area contributed by atoms with E-state index in [1.807, 2.05) is 10.3 Å². The van der Waals surface area contributed by atoms with E-state index in [1.54, 1.807) is 23.9 Å². The Labute approximate surface area is 134 Å². The van der Waals surface area contributed by atoms with E-state index in [-0.39, 0.29) is 28.9 Å². The van der Waals surface area contributed by atoms with Crippen LogP contribution >= 0.6 is 28.7 Å². The summed E-state index contributed by atoms with van der Waals surface area (Å²) in [6, 6.07) is 3.40. The lowest BCUT2D eigenvalue weighted by Crippen LogP contribution is -2.28. The highest BCUT2D eigenvalue weighted by molar-refractivity contribution is 8.93. The highest BCUT2D eigenvalue weighted by Crippen LogP contribution is 2.27. The number of aliphatic hydroxyl groups is 1. The number of halogens is 1. The van der Waals surface area contributed by atoms with Crippen LogP contribution in [0.1, 0.15) is 36.7 Å². The largest absolute Gasteiger partial charge is 0.461 e. The second-order valence-electron chi connectivity index (χ2n) is 4.65. The molecule has 1 aliphatic rings. The molecule has 0 spiro atoms. The van der Waals surface area contributed by atoms with Gasteiger partial charge in [-0.15, -0.1) is 28.7 Å². The number of ketones is 1. The zero-order valence-electron chi connectivity index (χ0n) is 11.4. The Hall–Kier alpha value is -0.720. The quantitative estimate of drug-likeness (QED) is 0.753. The molecule has 1 aliphatic heterocycles. The van der Waals surface area contributed by atoms with E-state index in [9.17, 15) is 9.90 Å². The van der Waals surface area contributed by atoms with Gasteiger partial charge in [0.05, 0.1) is 24.8 Å². The Balaban J connectivity index is 0.00000200. The summed E-state index contributed by atoms with van der Waals surface area (Å²) in [5.41, 5.74) is 1.05. The van der Waals surface area contributed by atoms with Gasteiger partial charge in [-0.1, -0.05) is 13.3 Å². The summed E-state index contributed by atoms with van der Waals surface area (Å²) in [6.07, 6.45) is 3.56. The lowest BCUT2D eigenvalue weighted by Gasteiger charge is -2.22. The number of rotatable bonds is 7. The summed E-state index contributed by atoms with van der Waals surface area (Å²) in [5, 5.41) is 11.9. The summed E-state index contributed by atoms with van der Waals surface area (Å²) in [4.78, 5) is 14.0. The van der Waals surface area contributed by atoms with Crippen LogP contribution in [0.3, 0.4) is 0 Å². The molecular weight excluding hydrogens is 342 g/mol. The first-order valence-corrected chi connectivity index (χ1v) is 7.56. The molecule has 0 amide bonds. The number of hydrogen-bond donors (Lipinski definition) is 1. The fourth-order valence-electron chi connectivity index (χ4n) is 2.07. The van der Waals surface area contributed by atoms with Crippen molar-refractivity contribution in [1.82, 2.24) is 4.90 Å². The van der Waals surface area contributed by atoms with Crippen LogP contribution in [-0.2, 0) is 0 Å². The molecule has 1 unspecified atom stereocenters. The van der Waals surface area contributed by atoms with E-state index in [4.69, 9.17) is 4.42 Å². The van der Waals surface area contributed by atoms with Gasteiger partial charge in [-0.25, -0.2) is 0 Å². The number of carbonyl (C=O) groups excluding carboxylic acids is 1. The van der Waals surface area contributed by atoms with E-state index < -0.39 is 0 Å². The van der Waals surface area contributed by atoms with Crippen molar-refractivity contribution in [3.05, 3.63) is 35.3 Å². The Morgan fingerprint density at radius 1 is 1.60 bits per heavy atom. The van der Waals surface area contributed by atoms with Crippen molar-refractivity contribution in [1.29, 1.82) is 0 Å². The normalized spacial score (nSPS) is 15.7. The number of thioether (sulfide) groups is 1. The maximum absolute atomic E-state index is 12.0. The van der Waals surface area contributed by atoms with E-state index >= 15 is 0 Å². The second kappa shape index (κ2) is 8.54. The molecule has 0 fully saturated rings. The van der Waals surface area contributed by atoms with Crippen molar-refractivity contribution < 1.29 is 14.3 Å². The molecule has 0 aliphatic carbocycles. The SMILES string of the molecule is Br.CCCC(O)CC1=CSCN1CC(=O)c1ccco1. The van der Waals surface area contributed by atoms with Gasteiger partial charge < -0.3 is 14.4 Å². The Morgan fingerprint density at radius 3 is 3.05 bits per heavy atom. The van der Waals surface area contributed by atoms with Gasteiger partial charge in [0.1, 0.15) is 0 Å². The van der Waals surface area contributed by atoms with Crippen molar-refractivity contribution in [2.45, 2.75) is 32.3 Å². The Kier molecular flexibility index (Phi) is 7.40. The average Bonchev–Trinajstić information content (AvgIpc) is 3.01. The van der Waals surface area contributed by atoms with E-state index in [1.165, 1.54) is 6.26 Å². The predicted molar refractivity (Wildman–Crippen MR) is 86.1 cm³/mol. The van der Waals surface area contributed by atoms with Crippen LogP contribution in [0.15, 0.2) is 33.9 Å². The Bertz CT molecular complexity index is 447. The van der Waals surface area contributed by atoms with Gasteiger partial charge in [-0.05, 0) is 24.0 Å². The first-order valence-electron chi connectivity index (χ1n) is 6.51. The van der Waals surface area contributed by atoms with Crippen molar-refractivity contribution >= 4 is 34.5 Å². The molecule has 20 heavy (non-hydrogen) atoms. The lowest BCUT2D eigenvalue weighted by molar-refractivity contribution is 0.0921. The number of nitrogens with zero attached hydrogens (tertiary/aromatic N) is 1. The maximum atomic E-state index is 12.0. The predicted octanol–water partition coefficient (Wildman–Crippen LogP) is 3.44. The third kappa shape index (κ3) is 4.68. The molecule has 2 rings (SSSR count). The third-order valence-corrected chi connectivity index (χ3v) is 3.95. The lowest BCUT2D eigenvalue weighted by atomic mass is 10.1. The van der Waals surface area contributed by atoms with Gasteiger partial charge in [0.15, 0.2) is 5.76 Å². The number of hydrogen-bond acceptors (Lipinski definition) is 5. The third-order valence-electron chi connectivity index (χ3n) is 3.05. The standard InChI is InChI=1S/C14H19NO3S.BrH/c1-2-4-12(16)7-11-9-19-10-15(11)8-13(17)14-5-3-6-18-14;/h3,5-6,9,12,16H,2,4,7-8,10H2,1H3;1H. The minimum absolute atomic E-state index is 0. The first kappa shape index (κ1) is 17.3. The van der Waals surface area contributed by atoms with Crippen LogP contribution < -0.4 is 0 Å². The zero-order valence-corrected chi connectivity index (χ0v) is 14.0. The fourth-order valence-corrected chi connectivity index (χ4v) is 3.02. The monoisotopic (exact) mass is 361 g/mol. The van der Waals surface area contributed by atoms with Gasteiger partial charge in [0.25, 0.3) is 0 Å². The highest BCUT2D eigenvalue weighted by Gasteiger charge is 2.22. The summed E-state index contributed by atoms with van der Waals surface area (Å²) in [6.45, 7) is 2.37. The topological polar surface area (TPSA) is 53.7 Å². The van der Waals surface area contributed by atoms with Gasteiger partial charge in [-0.2, -0.15) is 0 Å². The molecule has 0 bridgehead atoms. The molecule has 0 saturated heterocycles. The van der Waals surface area contributed by atoms with Crippen LogP contribution in [0, 0.1) is 0 Å². The smallest absolute Gasteiger partial charge is 0.217 e. The van der Waals surface area contributed by atoms with Crippen molar-refractivity contribution in [3.63, 3.8) is 0 Å². The van der Waals surface area contributed by atoms with Crippen LogP contribution in [-0.4, -0.2) is 34.3 Å². The number of Topliss-reactive ketones (excluding diaryl/α,β-unsaturated/α-hetero) is 1. The molecule has 1 atom stereocenters. The summed E-state index contributed by atoms with van der Waals surface area (Å²) < 4.78 is 5.11. The molecule has 1 N–H and O–H groups in total. The van der Waals surface area contributed by atoms with Crippen molar-refractivity contribution in [3.8, 4) is 0 Å². The summed E-state index contributed by atoms with van der Waals surface area (Å²) in [5.74, 6) is 1.13. The number of aliphatic hydroxyl groups excluding tert-OH is 1. The molecule has 1 aromatic heterocycles. The van der Waals surface area contributed by atoms with Gasteiger partial charge in [0, 0.05) is 12.1 Å². The number of carbonyl (C=O) groups is 1. The van der Waals surface area contributed by atoms with Crippen LogP contribution in [0.25, 0.3) is 0 Å². The minimum Gasteiger partial charge on any atom is -0.461 e. The molecular formula is C14H20BrNO3S. The molecule has 0 aromatic carbocycles. The fraction of sp³-hybridized carbons (Fsp3) is 0.500. The minimum atomic E-state index is -0.323. The zero-order chi connectivity index (χ0) is 13.7. The van der Waals surface area contributed by atoms with Crippen molar-refractivity contribution in [2.24, 2.45) is 0 Å². The van der Waals surface area contributed by atoms with E-state index in [0.717, 1.165) is 24.4 Å². The van der Waals surface area contributed by atoms with Gasteiger partial charge >= 0.3 is 0 Å². The van der Waals surface area contributed by atoms with E-state index in [2.05, 4.69) is 6.92 Å². The summed E-state index contributed by atoms with van der Waals surface area (Å²) in [7, 11) is 0. The van der Waals surface area contributed by atoms with Gasteiger partial charge in [-0.3, -0.25) is 4.79 Å². The highest BCUT2D eigenvalue weighted by atomic mass is 79.9. The Morgan fingerprint density at radius 2 is 2.40 bits per heavy atom. The van der Waals surface area contributed by atoms with Crippen molar-refractivity contribution in [2.75, 3.05) is 12.4 Å². The molecule has 112 valence electrons. The molecule has 0 saturated carbocycles. The molecule has 6 heteroatoms. The summed E-state index contributed by atoms with van der Waals surface area (Å²) >= 11 is 1.66. The molecule has 1 aromatic rings. The molecule has 0 radical (unpaired) electrons. The first-order chi connectivity index (χ1) is 9.20. The van der Waals surface area contributed by atoms with Gasteiger partial charge in [0.2, 0.25) is 5.78 Å². The van der Waals surface area contributed by atoms with E-state index in [0.29, 0.717) is 18.7 Å². The van der Waals surface area contributed by atoms with Crippen LogP contribution in [0.5, 0.6) is 0 Å². The molecule has 2 heterocycles. The average molecular weight is 362 g/mol.